The quantitative estimate of drug-likeness (QED) is 0.863. The molecule has 1 fully saturated rings. The first kappa shape index (κ1) is 19.7. The second-order valence-electron chi connectivity index (χ2n) is 5.23. The van der Waals surface area contributed by atoms with Crippen molar-refractivity contribution in [3.8, 4) is 0 Å². The summed E-state index contributed by atoms with van der Waals surface area (Å²) in [4.78, 5) is 16.5. The highest BCUT2D eigenvalue weighted by molar-refractivity contribution is 5.85. The van der Waals surface area contributed by atoms with Crippen molar-refractivity contribution in [2.45, 2.75) is 25.6 Å². The van der Waals surface area contributed by atoms with Crippen LogP contribution in [0.4, 0.5) is 0 Å². The number of ether oxygens (including phenoxy) is 1. The number of hydrogen-bond donors (Lipinski definition) is 2. The Morgan fingerprint density at radius 3 is 3.00 bits per heavy atom. The van der Waals surface area contributed by atoms with E-state index in [2.05, 4.69) is 15.6 Å². The number of carbonyl (C=O) groups is 1. The van der Waals surface area contributed by atoms with Gasteiger partial charge in [0, 0.05) is 19.6 Å². The third-order valence-corrected chi connectivity index (χ3v) is 3.78. The minimum absolute atomic E-state index is 0. The largest absolute Gasteiger partial charge is 0.375 e. The number of nitrogens with one attached hydrogen (secondary N) is 2. The third-order valence-electron chi connectivity index (χ3n) is 3.78. The predicted molar refractivity (Wildman–Crippen MR) is 94.4 cm³/mol. The van der Waals surface area contributed by atoms with Crippen molar-refractivity contribution in [3.05, 3.63) is 30.6 Å². The van der Waals surface area contributed by atoms with Crippen LogP contribution in [0.25, 0.3) is 11.0 Å². The van der Waals surface area contributed by atoms with E-state index in [1.54, 1.807) is 6.33 Å². The van der Waals surface area contributed by atoms with Gasteiger partial charge in [-0.05, 0) is 19.1 Å². The summed E-state index contributed by atoms with van der Waals surface area (Å²) in [6.07, 6.45) is 1.72. The Morgan fingerprint density at radius 1 is 1.43 bits per heavy atom. The molecule has 1 aliphatic rings. The maximum atomic E-state index is 12.1. The molecule has 1 saturated heterocycles. The van der Waals surface area contributed by atoms with Gasteiger partial charge in [0.15, 0.2) is 0 Å². The molecular formula is C15H22Cl2N4O2. The number of benzene rings is 1. The molecule has 1 aromatic heterocycles. The predicted octanol–water partition coefficient (Wildman–Crippen LogP) is 1.37. The first-order valence-electron chi connectivity index (χ1n) is 7.28. The topological polar surface area (TPSA) is 68.2 Å². The van der Waals surface area contributed by atoms with Crippen LogP contribution in [-0.2, 0) is 16.1 Å². The molecule has 6 nitrogen and oxygen atoms in total. The van der Waals surface area contributed by atoms with Gasteiger partial charge in [-0.2, -0.15) is 0 Å². The lowest BCUT2D eigenvalue weighted by Crippen LogP contribution is -2.55. The lowest BCUT2D eigenvalue weighted by atomic mass is 10.1. The summed E-state index contributed by atoms with van der Waals surface area (Å²) < 4.78 is 7.53. The average molecular weight is 361 g/mol. The Kier molecular flexibility index (Phi) is 7.78. The number of amides is 1. The van der Waals surface area contributed by atoms with E-state index in [1.807, 2.05) is 35.8 Å². The molecule has 2 atom stereocenters. The van der Waals surface area contributed by atoms with Crippen molar-refractivity contribution >= 4 is 41.8 Å². The van der Waals surface area contributed by atoms with Gasteiger partial charge >= 0.3 is 0 Å². The normalized spacial score (nSPS) is 20.4. The number of nitrogens with zero attached hydrogens (tertiary/aromatic N) is 2. The van der Waals surface area contributed by atoms with E-state index in [9.17, 15) is 4.79 Å². The first-order valence-corrected chi connectivity index (χ1v) is 7.28. The minimum atomic E-state index is -0.265. The minimum Gasteiger partial charge on any atom is -0.375 e. The van der Waals surface area contributed by atoms with Crippen molar-refractivity contribution in [2.75, 3.05) is 19.7 Å². The first-order chi connectivity index (χ1) is 10.3. The van der Waals surface area contributed by atoms with Crippen molar-refractivity contribution in [2.24, 2.45) is 0 Å². The number of halogens is 2. The number of hydrogen-bond acceptors (Lipinski definition) is 4. The second kappa shape index (κ2) is 9.08. The van der Waals surface area contributed by atoms with E-state index < -0.39 is 0 Å². The summed E-state index contributed by atoms with van der Waals surface area (Å²) >= 11 is 0. The van der Waals surface area contributed by atoms with E-state index >= 15 is 0 Å². The molecule has 128 valence electrons. The van der Waals surface area contributed by atoms with Crippen LogP contribution < -0.4 is 10.6 Å². The van der Waals surface area contributed by atoms with Crippen molar-refractivity contribution in [1.82, 2.24) is 20.2 Å². The van der Waals surface area contributed by atoms with Gasteiger partial charge < -0.3 is 19.9 Å². The Labute approximate surface area is 147 Å². The van der Waals surface area contributed by atoms with Gasteiger partial charge in [0.05, 0.1) is 30.1 Å². The zero-order valence-corrected chi connectivity index (χ0v) is 14.5. The van der Waals surface area contributed by atoms with E-state index in [1.165, 1.54) is 0 Å². The number of rotatable bonds is 4. The van der Waals surface area contributed by atoms with Gasteiger partial charge in [-0.25, -0.2) is 4.98 Å². The van der Waals surface area contributed by atoms with E-state index in [0.29, 0.717) is 26.2 Å². The van der Waals surface area contributed by atoms with Gasteiger partial charge in [0.2, 0.25) is 5.91 Å². The summed E-state index contributed by atoms with van der Waals surface area (Å²) in [5.41, 5.74) is 2.05. The van der Waals surface area contributed by atoms with Gasteiger partial charge in [-0.1, -0.05) is 12.1 Å². The third kappa shape index (κ3) is 4.57. The number of aromatic nitrogens is 2. The van der Waals surface area contributed by atoms with Crippen LogP contribution >= 0.6 is 24.8 Å². The molecule has 2 N–H and O–H groups in total. The van der Waals surface area contributed by atoms with Crippen LogP contribution in [0.1, 0.15) is 6.92 Å². The number of para-hydroxylation sites is 2. The Bertz CT molecular complexity index is 635. The molecule has 0 spiro atoms. The van der Waals surface area contributed by atoms with Gasteiger partial charge in [-0.3, -0.25) is 4.79 Å². The number of fused-ring (bicyclic) bond motifs is 1. The van der Waals surface area contributed by atoms with Crippen LogP contribution in [-0.4, -0.2) is 47.3 Å². The number of morpholine rings is 1. The molecule has 0 saturated carbocycles. The van der Waals surface area contributed by atoms with E-state index in [4.69, 9.17) is 4.74 Å². The summed E-state index contributed by atoms with van der Waals surface area (Å²) in [5.74, 6) is -0.00776. The number of imidazole rings is 1. The van der Waals surface area contributed by atoms with Gasteiger partial charge in [0.1, 0.15) is 6.04 Å². The average Bonchev–Trinajstić information content (AvgIpc) is 2.91. The fourth-order valence-electron chi connectivity index (χ4n) is 2.63. The monoisotopic (exact) mass is 360 g/mol. The fraction of sp³-hybridized carbons (Fsp3) is 0.467. The van der Waals surface area contributed by atoms with Crippen LogP contribution in [0.5, 0.6) is 0 Å². The molecule has 2 heterocycles. The molecule has 2 aromatic rings. The van der Waals surface area contributed by atoms with Gasteiger partial charge in [-0.15, -0.1) is 24.8 Å². The zero-order valence-electron chi connectivity index (χ0n) is 12.9. The molecular weight excluding hydrogens is 339 g/mol. The van der Waals surface area contributed by atoms with Crippen LogP contribution in [0.15, 0.2) is 30.6 Å². The van der Waals surface area contributed by atoms with Crippen molar-refractivity contribution in [1.29, 1.82) is 0 Å². The molecule has 0 aliphatic carbocycles. The molecule has 0 bridgehead atoms. The van der Waals surface area contributed by atoms with Crippen LogP contribution in [0, 0.1) is 0 Å². The SMILES string of the molecule is C[C@H]1OCCN[C@@H]1C(=O)NCCn1cnc2ccccc21.Cl.Cl. The van der Waals surface area contributed by atoms with Crippen molar-refractivity contribution in [3.63, 3.8) is 0 Å². The molecule has 1 amide bonds. The van der Waals surface area contributed by atoms with E-state index in [0.717, 1.165) is 11.0 Å². The molecule has 1 aromatic carbocycles. The zero-order chi connectivity index (χ0) is 14.7. The molecule has 0 unspecified atom stereocenters. The summed E-state index contributed by atoms with van der Waals surface area (Å²) in [7, 11) is 0. The molecule has 3 rings (SSSR count). The standard InChI is InChI=1S/C15H20N4O2.2ClH/c1-11-14(16-7-9-21-11)15(20)17-6-8-19-10-18-12-4-2-3-5-13(12)19;;/h2-5,10-11,14,16H,6-9H2,1H3,(H,17,20);2*1H/t11-,14+;;/m1../s1. The Morgan fingerprint density at radius 2 is 2.22 bits per heavy atom. The number of carbonyl (C=O) groups excluding carboxylic acids is 1. The Balaban J connectivity index is 0.00000132. The molecule has 0 radical (unpaired) electrons. The van der Waals surface area contributed by atoms with Gasteiger partial charge in [0.25, 0.3) is 0 Å². The lowest BCUT2D eigenvalue weighted by molar-refractivity contribution is -0.128. The maximum Gasteiger partial charge on any atom is 0.239 e. The summed E-state index contributed by atoms with van der Waals surface area (Å²) in [6, 6.07) is 7.71. The maximum absolute atomic E-state index is 12.1. The molecule has 23 heavy (non-hydrogen) atoms. The summed E-state index contributed by atoms with van der Waals surface area (Å²) in [5, 5.41) is 6.14. The van der Waals surface area contributed by atoms with E-state index in [-0.39, 0.29) is 42.9 Å². The molecule has 1 aliphatic heterocycles. The van der Waals surface area contributed by atoms with Crippen LogP contribution in [0.3, 0.4) is 0 Å². The highest BCUT2D eigenvalue weighted by Crippen LogP contribution is 2.11. The second-order valence-corrected chi connectivity index (χ2v) is 5.23. The van der Waals surface area contributed by atoms with Crippen LogP contribution in [0.2, 0.25) is 0 Å². The highest BCUT2D eigenvalue weighted by atomic mass is 35.5. The fourth-order valence-corrected chi connectivity index (χ4v) is 2.63. The highest BCUT2D eigenvalue weighted by Gasteiger charge is 2.27. The lowest BCUT2D eigenvalue weighted by Gasteiger charge is -2.29. The smallest absolute Gasteiger partial charge is 0.239 e. The molecule has 8 heteroatoms. The van der Waals surface area contributed by atoms with Crippen molar-refractivity contribution < 1.29 is 9.53 Å². The summed E-state index contributed by atoms with van der Waals surface area (Å²) in [6.45, 7) is 4.57. The Hall–Kier alpha value is -1.34.